The second kappa shape index (κ2) is 6.67. The number of benzene rings is 4. The summed E-state index contributed by atoms with van der Waals surface area (Å²) in [6.07, 6.45) is 0. The number of methoxy groups -OCH3 is 2. The first kappa shape index (κ1) is 17.3. The maximum absolute atomic E-state index is 13.3. The van der Waals surface area contributed by atoms with Gasteiger partial charge in [0.25, 0.3) is 0 Å². The average molecular weight is 382 g/mol. The van der Waals surface area contributed by atoms with E-state index in [0.29, 0.717) is 33.4 Å². The Morgan fingerprint density at radius 2 is 1.52 bits per heavy atom. The van der Waals surface area contributed by atoms with Crippen molar-refractivity contribution in [1.82, 2.24) is 0 Å². The summed E-state index contributed by atoms with van der Waals surface area (Å²) in [5.74, 6) is 1.24. The first-order valence-corrected chi connectivity index (χ1v) is 9.31. The molecule has 29 heavy (non-hydrogen) atoms. The molecule has 5 aromatic rings. The number of fused-ring (bicyclic) bond motifs is 4. The topological polar surface area (TPSA) is 48.7 Å². The van der Waals surface area contributed by atoms with E-state index in [1.54, 1.807) is 20.3 Å². The van der Waals surface area contributed by atoms with Crippen molar-refractivity contribution < 1.29 is 13.9 Å². The van der Waals surface area contributed by atoms with E-state index in [2.05, 4.69) is 0 Å². The van der Waals surface area contributed by atoms with Gasteiger partial charge in [0, 0.05) is 10.8 Å². The van der Waals surface area contributed by atoms with Gasteiger partial charge >= 0.3 is 0 Å². The molecule has 4 nitrogen and oxygen atoms in total. The molecule has 0 bridgehead atoms. The maximum Gasteiger partial charge on any atom is 0.200 e. The zero-order chi connectivity index (χ0) is 20.0. The SMILES string of the molecule is COc1ccc2c(c(-c3ccccc3)cc3c(=O)c4ccccc4oc32)c1OC. The predicted molar refractivity (Wildman–Crippen MR) is 116 cm³/mol. The molecule has 0 aliphatic rings. The van der Waals surface area contributed by atoms with Crippen LogP contribution in [0.4, 0.5) is 0 Å². The number of para-hydroxylation sites is 1. The van der Waals surface area contributed by atoms with E-state index < -0.39 is 0 Å². The molecule has 0 aliphatic heterocycles. The molecule has 0 saturated heterocycles. The Hall–Kier alpha value is -3.79. The van der Waals surface area contributed by atoms with Gasteiger partial charge in [-0.05, 0) is 41.5 Å². The molecule has 0 aliphatic carbocycles. The summed E-state index contributed by atoms with van der Waals surface area (Å²) < 4.78 is 17.5. The van der Waals surface area contributed by atoms with Gasteiger partial charge in [-0.15, -0.1) is 0 Å². The third kappa shape index (κ3) is 2.57. The highest BCUT2D eigenvalue weighted by atomic mass is 16.5. The maximum atomic E-state index is 13.3. The van der Waals surface area contributed by atoms with Gasteiger partial charge in [-0.1, -0.05) is 42.5 Å². The lowest BCUT2D eigenvalue weighted by atomic mass is 9.94. The van der Waals surface area contributed by atoms with Gasteiger partial charge in [0.2, 0.25) is 5.43 Å². The predicted octanol–water partition coefficient (Wildman–Crippen LogP) is 5.78. The highest BCUT2D eigenvalue weighted by Crippen LogP contribution is 2.44. The van der Waals surface area contributed by atoms with Crippen molar-refractivity contribution in [1.29, 1.82) is 0 Å². The van der Waals surface area contributed by atoms with Crippen LogP contribution in [-0.4, -0.2) is 14.2 Å². The summed E-state index contributed by atoms with van der Waals surface area (Å²) in [5, 5.41) is 2.77. The summed E-state index contributed by atoms with van der Waals surface area (Å²) in [5.41, 5.74) is 2.94. The van der Waals surface area contributed by atoms with E-state index in [4.69, 9.17) is 13.9 Å². The minimum absolute atomic E-state index is 0.0456. The molecular formula is C25H18O4. The fourth-order valence-corrected chi connectivity index (χ4v) is 3.93. The van der Waals surface area contributed by atoms with Crippen LogP contribution in [0.15, 0.2) is 82.0 Å². The van der Waals surface area contributed by atoms with Crippen molar-refractivity contribution in [2.24, 2.45) is 0 Å². The first-order chi connectivity index (χ1) is 14.2. The standard InChI is InChI=1S/C25H18O4/c1-27-21-13-12-17-22(25(21)28-2)18(15-8-4-3-5-9-15)14-19-23(26)16-10-6-7-11-20(16)29-24(17)19/h3-14H,1-2H3. The molecule has 142 valence electrons. The van der Waals surface area contributed by atoms with Crippen molar-refractivity contribution in [3.63, 3.8) is 0 Å². The largest absolute Gasteiger partial charge is 0.493 e. The second-order valence-electron chi connectivity index (χ2n) is 6.82. The van der Waals surface area contributed by atoms with E-state index in [1.165, 1.54) is 0 Å². The van der Waals surface area contributed by atoms with Crippen LogP contribution < -0.4 is 14.9 Å². The Bertz CT molecular complexity index is 1430. The van der Waals surface area contributed by atoms with Gasteiger partial charge < -0.3 is 13.9 Å². The molecule has 0 N–H and O–H groups in total. The van der Waals surface area contributed by atoms with E-state index in [-0.39, 0.29) is 5.43 Å². The molecule has 0 radical (unpaired) electrons. The highest BCUT2D eigenvalue weighted by molar-refractivity contribution is 6.15. The molecular weight excluding hydrogens is 364 g/mol. The molecule has 0 unspecified atom stereocenters. The monoisotopic (exact) mass is 382 g/mol. The van der Waals surface area contributed by atoms with Crippen molar-refractivity contribution in [3.05, 3.63) is 83.0 Å². The zero-order valence-electron chi connectivity index (χ0n) is 16.1. The van der Waals surface area contributed by atoms with Gasteiger partial charge in [-0.3, -0.25) is 4.79 Å². The molecule has 1 aromatic heterocycles. The van der Waals surface area contributed by atoms with Gasteiger partial charge in [0.15, 0.2) is 11.5 Å². The van der Waals surface area contributed by atoms with Gasteiger partial charge in [-0.2, -0.15) is 0 Å². The van der Waals surface area contributed by atoms with Crippen molar-refractivity contribution in [2.75, 3.05) is 14.2 Å². The van der Waals surface area contributed by atoms with Crippen LogP contribution in [0.1, 0.15) is 0 Å². The van der Waals surface area contributed by atoms with Crippen LogP contribution in [-0.2, 0) is 0 Å². The van der Waals surface area contributed by atoms with E-state index >= 15 is 0 Å². The van der Waals surface area contributed by atoms with Crippen molar-refractivity contribution in [2.45, 2.75) is 0 Å². The van der Waals surface area contributed by atoms with Crippen LogP contribution in [0.3, 0.4) is 0 Å². The number of ether oxygens (including phenoxy) is 2. The molecule has 5 rings (SSSR count). The normalized spacial score (nSPS) is 11.2. The number of hydrogen-bond donors (Lipinski definition) is 0. The van der Waals surface area contributed by atoms with Crippen LogP contribution >= 0.6 is 0 Å². The van der Waals surface area contributed by atoms with Gasteiger partial charge in [-0.25, -0.2) is 0 Å². The zero-order valence-corrected chi connectivity index (χ0v) is 16.1. The Morgan fingerprint density at radius 3 is 2.28 bits per heavy atom. The Morgan fingerprint density at radius 1 is 0.759 bits per heavy atom. The van der Waals surface area contributed by atoms with E-state index in [9.17, 15) is 4.79 Å². The van der Waals surface area contributed by atoms with Gasteiger partial charge in [0.1, 0.15) is 11.2 Å². The summed E-state index contributed by atoms with van der Waals surface area (Å²) in [6.45, 7) is 0. The lowest BCUT2D eigenvalue weighted by Crippen LogP contribution is -2.03. The molecule has 0 saturated carbocycles. The molecule has 0 amide bonds. The molecule has 1 heterocycles. The molecule has 0 atom stereocenters. The number of hydrogen-bond acceptors (Lipinski definition) is 4. The average Bonchev–Trinajstić information content (AvgIpc) is 2.78. The van der Waals surface area contributed by atoms with E-state index in [1.807, 2.05) is 66.7 Å². The van der Waals surface area contributed by atoms with Crippen LogP contribution in [0.2, 0.25) is 0 Å². The fraction of sp³-hybridized carbons (Fsp3) is 0.0800. The van der Waals surface area contributed by atoms with E-state index in [0.717, 1.165) is 21.9 Å². The first-order valence-electron chi connectivity index (χ1n) is 9.31. The van der Waals surface area contributed by atoms with Crippen molar-refractivity contribution in [3.8, 4) is 22.6 Å². The van der Waals surface area contributed by atoms with Crippen LogP contribution in [0.25, 0.3) is 43.8 Å². The Labute approximate surface area is 166 Å². The van der Waals surface area contributed by atoms with Crippen molar-refractivity contribution >= 4 is 32.7 Å². The minimum atomic E-state index is -0.0456. The fourth-order valence-electron chi connectivity index (χ4n) is 3.93. The van der Waals surface area contributed by atoms with Crippen LogP contribution in [0.5, 0.6) is 11.5 Å². The third-order valence-corrected chi connectivity index (χ3v) is 5.27. The lowest BCUT2D eigenvalue weighted by molar-refractivity contribution is 0.358. The lowest BCUT2D eigenvalue weighted by Gasteiger charge is -2.16. The molecule has 0 fully saturated rings. The Kier molecular flexibility index (Phi) is 3.98. The third-order valence-electron chi connectivity index (χ3n) is 5.27. The highest BCUT2D eigenvalue weighted by Gasteiger charge is 2.20. The molecule has 4 heteroatoms. The minimum Gasteiger partial charge on any atom is -0.493 e. The molecule has 0 spiro atoms. The summed E-state index contributed by atoms with van der Waals surface area (Å²) >= 11 is 0. The second-order valence-corrected chi connectivity index (χ2v) is 6.82. The van der Waals surface area contributed by atoms with Gasteiger partial charge in [0.05, 0.1) is 25.0 Å². The molecule has 4 aromatic carbocycles. The summed E-state index contributed by atoms with van der Waals surface area (Å²) in [7, 11) is 3.23. The number of rotatable bonds is 3. The smallest absolute Gasteiger partial charge is 0.200 e. The quantitative estimate of drug-likeness (QED) is 0.293. The summed E-state index contributed by atoms with van der Waals surface area (Å²) in [4.78, 5) is 13.3. The Balaban J connectivity index is 2.06. The van der Waals surface area contributed by atoms with Crippen LogP contribution in [0, 0.1) is 0 Å². The summed E-state index contributed by atoms with van der Waals surface area (Å²) in [6, 6.07) is 22.9.